The van der Waals surface area contributed by atoms with Crippen molar-refractivity contribution in [3.8, 4) is 0 Å². The molecular weight excluding hydrogens is 321 g/mol. The SMILES string of the molecule is Cc1cc(CNC(=O)c2ccccc2C(F)(F)F)nc(N(C)C)n1. The van der Waals surface area contributed by atoms with Gasteiger partial charge in [-0.1, -0.05) is 12.1 Å². The van der Waals surface area contributed by atoms with Crippen LogP contribution in [0.1, 0.15) is 27.3 Å². The third kappa shape index (κ3) is 4.21. The maximum absolute atomic E-state index is 13.0. The largest absolute Gasteiger partial charge is 0.417 e. The topological polar surface area (TPSA) is 58.1 Å². The Labute approximate surface area is 137 Å². The van der Waals surface area contributed by atoms with Gasteiger partial charge in [0.1, 0.15) is 0 Å². The second-order valence-electron chi connectivity index (χ2n) is 5.42. The third-order valence-electron chi connectivity index (χ3n) is 3.20. The minimum atomic E-state index is -4.59. The second-order valence-corrected chi connectivity index (χ2v) is 5.42. The maximum atomic E-state index is 13.0. The van der Waals surface area contributed by atoms with Gasteiger partial charge in [-0.3, -0.25) is 4.79 Å². The molecule has 0 radical (unpaired) electrons. The molecule has 5 nitrogen and oxygen atoms in total. The predicted octanol–water partition coefficient (Wildman–Crippen LogP) is 2.80. The van der Waals surface area contributed by atoms with Crippen LogP contribution in [0, 0.1) is 6.92 Å². The molecular formula is C16H17F3N4O. The molecule has 0 aliphatic heterocycles. The molecule has 0 saturated carbocycles. The number of rotatable bonds is 4. The van der Waals surface area contributed by atoms with Crippen LogP contribution in [0.25, 0.3) is 0 Å². The quantitative estimate of drug-likeness (QED) is 0.931. The summed E-state index contributed by atoms with van der Waals surface area (Å²) in [5.74, 6) is -0.333. The number of aryl methyl sites for hydroxylation is 1. The Morgan fingerprint density at radius 2 is 1.88 bits per heavy atom. The van der Waals surface area contributed by atoms with Gasteiger partial charge in [-0.05, 0) is 25.1 Å². The van der Waals surface area contributed by atoms with Crippen molar-refractivity contribution in [3.63, 3.8) is 0 Å². The first-order valence-electron chi connectivity index (χ1n) is 7.15. The monoisotopic (exact) mass is 338 g/mol. The van der Waals surface area contributed by atoms with Crippen molar-refractivity contribution in [2.45, 2.75) is 19.6 Å². The molecule has 2 rings (SSSR count). The summed E-state index contributed by atoms with van der Waals surface area (Å²) in [5.41, 5.74) is -0.156. The van der Waals surface area contributed by atoms with Crippen LogP contribution in [0.3, 0.4) is 0 Å². The highest BCUT2D eigenvalue weighted by molar-refractivity contribution is 5.95. The Balaban J connectivity index is 2.18. The Morgan fingerprint density at radius 3 is 2.50 bits per heavy atom. The van der Waals surface area contributed by atoms with Crippen molar-refractivity contribution in [2.75, 3.05) is 19.0 Å². The highest BCUT2D eigenvalue weighted by Crippen LogP contribution is 2.31. The summed E-state index contributed by atoms with van der Waals surface area (Å²) in [6.07, 6.45) is -4.59. The number of halogens is 3. The van der Waals surface area contributed by atoms with E-state index in [9.17, 15) is 18.0 Å². The van der Waals surface area contributed by atoms with Gasteiger partial charge in [-0.25, -0.2) is 9.97 Å². The maximum Gasteiger partial charge on any atom is 0.417 e. The van der Waals surface area contributed by atoms with Crippen molar-refractivity contribution in [2.24, 2.45) is 0 Å². The molecule has 0 saturated heterocycles. The normalized spacial score (nSPS) is 11.2. The molecule has 0 spiro atoms. The summed E-state index contributed by atoms with van der Waals surface area (Å²) < 4.78 is 38.9. The average molecular weight is 338 g/mol. The lowest BCUT2D eigenvalue weighted by Gasteiger charge is -2.14. The van der Waals surface area contributed by atoms with Crippen molar-refractivity contribution in [3.05, 3.63) is 52.8 Å². The van der Waals surface area contributed by atoms with Crippen LogP contribution in [0.15, 0.2) is 30.3 Å². The Hall–Kier alpha value is -2.64. The zero-order valence-corrected chi connectivity index (χ0v) is 13.5. The number of carbonyl (C=O) groups excluding carboxylic acids is 1. The number of alkyl halides is 3. The van der Waals surface area contributed by atoms with E-state index in [1.165, 1.54) is 12.1 Å². The molecule has 128 valence electrons. The molecule has 0 unspecified atom stereocenters. The smallest absolute Gasteiger partial charge is 0.347 e. The molecule has 2 aromatic rings. The first-order valence-corrected chi connectivity index (χ1v) is 7.15. The van der Waals surface area contributed by atoms with Gasteiger partial charge in [-0.2, -0.15) is 13.2 Å². The number of nitrogens with one attached hydrogen (secondary N) is 1. The van der Waals surface area contributed by atoms with E-state index in [0.717, 1.165) is 12.1 Å². The zero-order chi connectivity index (χ0) is 17.9. The van der Waals surface area contributed by atoms with Crippen molar-refractivity contribution in [1.82, 2.24) is 15.3 Å². The lowest BCUT2D eigenvalue weighted by molar-refractivity contribution is -0.137. The van der Waals surface area contributed by atoms with Crippen LogP contribution in [0.4, 0.5) is 19.1 Å². The predicted molar refractivity (Wildman–Crippen MR) is 83.7 cm³/mol. The number of hydrogen-bond donors (Lipinski definition) is 1. The summed E-state index contributed by atoms with van der Waals surface area (Å²) in [6.45, 7) is 1.79. The van der Waals surface area contributed by atoms with Gasteiger partial charge in [0.05, 0.1) is 23.4 Å². The van der Waals surface area contributed by atoms with E-state index in [-0.39, 0.29) is 6.54 Å². The molecule has 1 aromatic heterocycles. The van der Waals surface area contributed by atoms with Gasteiger partial charge in [0.15, 0.2) is 0 Å². The van der Waals surface area contributed by atoms with E-state index in [4.69, 9.17) is 0 Å². The number of aromatic nitrogens is 2. The van der Waals surface area contributed by atoms with Crippen molar-refractivity contribution >= 4 is 11.9 Å². The second kappa shape index (κ2) is 6.86. The van der Waals surface area contributed by atoms with Gasteiger partial charge in [-0.15, -0.1) is 0 Å². The lowest BCUT2D eigenvalue weighted by Crippen LogP contribution is -2.26. The molecule has 0 bridgehead atoms. The van der Waals surface area contributed by atoms with Crippen LogP contribution in [-0.2, 0) is 12.7 Å². The van der Waals surface area contributed by atoms with E-state index >= 15 is 0 Å². The van der Waals surface area contributed by atoms with Gasteiger partial charge >= 0.3 is 6.18 Å². The number of benzene rings is 1. The van der Waals surface area contributed by atoms with Crippen LogP contribution in [0.2, 0.25) is 0 Å². The van der Waals surface area contributed by atoms with Gasteiger partial charge < -0.3 is 10.2 Å². The highest BCUT2D eigenvalue weighted by atomic mass is 19.4. The molecule has 0 aliphatic rings. The fraction of sp³-hybridized carbons (Fsp3) is 0.312. The van der Waals surface area contributed by atoms with Crippen LogP contribution < -0.4 is 10.2 Å². The van der Waals surface area contributed by atoms with Crippen LogP contribution in [0.5, 0.6) is 0 Å². The summed E-state index contributed by atoms with van der Waals surface area (Å²) in [6, 6.07) is 6.34. The van der Waals surface area contributed by atoms with Gasteiger partial charge in [0.2, 0.25) is 5.95 Å². The summed E-state index contributed by atoms with van der Waals surface area (Å²) in [5, 5.41) is 2.47. The number of anilines is 1. The van der Waals surface area contributed by atoms with E-state index in [1.54, 1.807) is 32.0 Å². The molecule has 0 fully saturated rings. The standard InChI is InChI=1S/C16H17F3N4O/c1-10-8-11(22-15(21-10)23(2)3)9-20-14(24)12-6-4-5-7-13(12)16(17,18)19/h4-8H,9H2,1-3H3,(H,20,24). The molecule has 8 heteroatoms. The molecule has 1 amide bonds. The number of carbonyl (C=O) groups is 1. The van der Waals surface area contributed by atoms with E-state index < -0.39 is 23.2 Å². The third-order valence-corrected chi connectivity index (χ3v) is 3.20. The van der Waals surface area contributed by atoms with E-state index in [0.29, 0.717) is 17.3 Å². The highest BCUT2D eigenvalue weighted by Gasteiger charge is 2.34. The number of hydrogen-bond acceptors (Lipinski definition) is 4. The fourth-order valence-electron chi connectivity index (χ4n) is 2.10. The first-order chi connectivity index (χ1) is 11.2. The Kier molecular flexibility index (Phi) is 5.06. The molecule has 1 heterocycles. The first kappa shape index (κ1) is 17.7. The van der Waals surface area contributed by atoms with Gasteiger partial charge in [0, 0.05) is 19.8 Å². The van der Waals surface area contributed by atoms with Crippen LogP contribution in [-0.4, -0.2) is 30.0 Å². The summed E-state index contributed by atoms with van der Waals surface area (Å²) in [4.78, 5) is 22.3. The van der Waals surface area contributed by atoms with Crippen molar-refractivity contribution in [1.29, 1.82) is 0 Å². The Bertz CT molecular complexity index is 744. The minimum absolute atomic E-state index is 0.00915. The summed E-state index contributed by atoms with van der Waals surface area (Å²) in [7, 11) is 3.55. The molecule has 24 heavy (non-hydrogen) atoms. The number of nitrogens with zero attached hydrogens (tertiary/aromatic N) is 3. The lowest BCUT2D eigenvalue weighted by atomic mass is 10.1. The molecule has 0 aliphatic carbocycles. The van der Waals surface area contributed by atoms with E-state index in [1.807, 2.05) is 0 Å². The molecule has 1 N–H and O–H groups in total. The Morgan fingerprint density at radius 1 is 1.21 bits per heavy atom. The summed E-state index contributed by atoms with van der Waals surface area (Å²) >= 11 is 0. The van der Waals surface area contributed by atoms with Crippen LogP contribution >= 0.6 is 0 Å². The van der Waals surface area contributed by atoms with Crippen molar-refractivity contribution < 1.29 is 18.0 Å². The minimum Gasteiger partial charge on any atom is -0.347 e. The van der Waals surface area contributed by atoms with E-state index in [2.05, 4.69) is 15.3 Å². The van der Waals surface area contributed by atoms with Gasteiger partial charge in [0.25, 0.3) is 5.91 Å². The zero-order valence-electron chi connectivity index (χ0n) is 13.5. The molecule has 0 atom stereocenters. The molecule has 1 aromatic carbocycles. The number of amides is 1. The average Bonchev–Trinajstić information content (AvgIpc) is 2.51. The fourth-order valence-corrected chi connectivity index (χ4v) is 2.10.